The number of phenolic OH excluding ortho intramolecular Hbond substituents is 1. The minimum atomic E-state index is -0.643. The molecule has 1 heterocycles. The Morgan fingerprint density at radius 1 is 0.897 bits per heavy atom. The third-order valence-corrected chi connectivity index (χ3v) is 9.78. The van der Waals surface area contributed by atoms with E-state index in [1.54, 1.807) is 11.8 Å². The lowest BCUT2D eigenvalue weighted by atomic mass is 9.59. The first kappa shape index (κ1) is 24.3. The van der Waals surface area contributed by atoms with Crippen LogP contribution in [0.4, 0.5) is 0 Å². The van der Waals surface area contributed by atoms with Gasteiger partial charge in [0.25, 0.3) is 0 Å². The van der Waals surface area contributed by atoms with Crippen LogP contribution in [0.15, 0.2) is 70.8 Å². The summed E-state index contributed by atoms with van der Waals surface area (Å²) in [7, 11) is 0. The van der Waals surface area contributed by atoms with Gasteiger partial charge in [0.05, 0.1) is 11.8 Å². The van der Waals surface area contributed by atoms with Gasteiger partial charge in [-0.1, -0.05) is 67.3 Å². The van der Waals surface area contributed by atoms with Gasteiger partial charge >= 0.3 is 0 Å². The molecule has 0 bridgehead atoms. The number of Topliss-reactive ketones (excluding diaryl/α,β-unsaturated/α-hetero) is 1. The molecule has 1 saturated carbocycles. The molecule has 1 N–H and O–H groups in total. The Balaban J connectivity index is 1.38. The molecule has 0 unspecified atom stereocenters. The number of imide groups is 1. The zero-order valence-electron chi connectivity index (χ0n) is 22.0. The maximum absolute atomic E-state index is 14.0. The van der Waals surface area contributed by atoms with Crippen LogP contribution in [0, 0.1) is 17.8 Å². The van der Waals surface area contributed by atoms with Crippen molar-refractivity contribution in [2.24, 2.45) is 17.8 Å². The van der Waals surface area contributed by atoms with Gasteiger partial charge in [-0.3, -0.25) is 24.1 Å². The number of hydrogen-bond donors (Lipinski definition) is 1. The van der Waals surface area contributed by atoms with Crippen LogP contribution in [-0.4, -0.2) is 39.4 Å². The van der Waals surface area contributed by atoms with Crippen molar-refractivity contribution in [2.45, 2.75) is 63.8 Å². The van der Waals surface area contributed by atoms with Crippen molar-refractivity contribution in [3.63, 3.8) is 0 Å². The van der Waals surface area contributed by atoms with Gasteiger partial charge in [-0.25, -0.2) is 0 Å². The average Bonchev–Trinajstić information content (AvgIpc) is 3.21. The Bertz CT molecular complexity index is 1570. The lowest BCUT2D eigenvalue weighted by Crippen LogP contribution is -2.43. The molecule has 39 heavy (non-hydrogen) atoms. The van der Waals surface area contributed by atoms with Crippen molar-refractivity contribution in [1.29, 1.82) is 0 Å². The molecule has 2 fully saturated rings. The first-order valence-corrected chi connectivity index (χ1v) is 14.1. The van der Waals surface area contributed by atoms with E-state index in [9.17, 15) is 24.3 Å². The molecule has 0 spiro atoms. The second-order valence-electron chi connectivity index (χ2n) is 11.8. The number of rotatable bonds is 2. The van der Waals surface area contributed by atoms with Crippen LogP contribution in [-0.2, 0) is 19.2 Å². The van der Waals surface area contributed by atoms with Gasteiger partial charge in [0.15, 0.2) is 11.6 Å². The van der Waals surface area contributed by atoms with Gasteiger partial charge in [0.1, 0.15) is 5.75 Å². The molecule has 1 saturated heterocycles. The molecular formula is C33H31NO5. The molecule has 6 nitrogen and oxygen atoms in total. The Kier molecular flexibility index (Phi) is 5.51. The fourth-order valence-corrected chi connectivity index (χ4v) is 7.95. The number of amides is 2. The Labute approximate surface area is 227 Å². The summed E-state index contributed by atoms with van der Waals surface area (Å²) in [5, 5.41) is 13.1. The zero-order chi connectivity index (χ0) is 27.0. The molecule has 5 aliphatic rings. The number of aromatic hydroxyl groups is 1. The number of nitrogens with zero attached hydrogens (tertiary/aromatic N) is 1. The van der Waals surface area contributed by atoms with E-state index in [2.05, 4.69) is 0 Å². The van der Waals surface area contributed by atoms with Crippen molar-refractivity contribution in [2.75, 3.05) is 0 Å². The molecular weight excluding hydrogens is 490 g/mol. The number of fused-ring (bicyclic) bond motifs is 4. The molecule has 7 rings (SSSR count). The van der Waals surface area contributed by atoms with Gasteiger partial charge in [-0.15, -0.1) is 0 Å². The number of carbonyl (C=O) groups excluding carboxylic acids is 4. The smallest absolute Gasteiger partial charge is 0.233 e. The van der Waals surface area contributed by atoms with Crippen LogP contribution in [0.1, 0.15) is 63.4 Å². The summed E-state index contributed by atoms with van der Waals surface area (Å²) in [5.74, 6) is -2.53. The molecule has 2 amide bonds. The largest absolute Gasteiger partial charge is 0.507 e. The molecule has 6 heteroatoms. The number of allylic oxidation sites excluding steroid dienone is 6. The first-order chi connectivity index (χ1) is 18.9. The maximum Gasteiger partial charge on any atom is 0.233 e. The average molecular weight is 522 g/mol. The van der Waals surface area contributed by atoms with Crippen LogP contribution < -0.4 is 0 Å². The third-order valence-electron chi connectivity index (χ3n) is 9.78. The molecule has 2 aromatic carbocycles. The highest BCUT2D eigenvalue weighted by molar-refractivity contribution is 6.24. The van der Waals surface area contributed by atoms with Crippen LogP contribution >= 0.6 is 0 Å². The summed E-state index contributed by atoms with van der Waals surface area (Å²) in [6.07, 6.45) is 8.97. The predicted octanol–water partition coefficient (Wildman–Crippen LogP) is 5.31. The van der Waals surface area contributed by atoms with E-state index in [0.717, 1.165) is 43.1 Å². The third kappa shape index (κ3) is 3.46. The molecule has 0 radical (unpaired) electrons. The van der Waals surface area contributed by atoms with Crippen molar-refractivity contribution in [1.82, 2.24) is 4.90 Å². The molecule has 1 aliphatic heterocycles. The highest BCUT2D eigenvalue weighted by atomic mass is 16.3. The summed E-state index contributed by atoms with van der Waals surface area (Å²) < 4.78 is 0. The second kappa shape index (κ2) is 8.87. The highest BCUT2D eigenvalue weighted by Gasteiger charge is 2.57. The van der Waals surface area contributed by atoms with Crippen LogP contribution in [0.3, 0.4) is 0 Å². The van der Waals surface area contributed by atoms with Crippen LogP contribution in [0.25, 0.3) is 10.8 Å². The van der Waals surface area contributed by atoms with Gasteiger partial charge < -0.3 is 5.11 Å². The second-order valence-corrected chi connectivity index (χ2v) is 11.8. The zero-order valence-corrected chi connectivity index (χ0v) is 22.0. The van der Waals surface area contributed by atoms with Gasteiger partial charge in [0.2, 0.25) is 11.8 Å². The fourth-order valence-electron chi connectivity index (χ4n) is 7.95. The van der Waals surface area contributed by atoms with E-state index in [4.69, 9.17) is 0 Å². The van der Waals surface area contributed by atoms with E-state index in [1.807, 2.05) is 42.5 Å². The Hall–Kier alpha value is -3.80. The molecule has 0 aromatic heterocycles. The minimum Gasteiger partial charge on any atom is -0.507 e. The van der Waals surface area contributed by atoms with Crippen molar-refractivity contribution in [3.8, 4) is 5.75 Å². The van der Waals surface area contributed by atoms with E-state index >= 15 is 0 Å². The summed E-state index contributed by atoms with van der Waals surface area (Å²) in [5.41, 5.74) is 2.65. The van der Waals surface area contributed by atoms with Crippen molar-refractivity contribution < 1.29 is 24.3 Å². The lowest BCUT2D eigenvalue weighted by Gasteiger charge is -2.42. The number of benzene rings is 2. The van der Waals surface area contributed by atoms with Gasteiger partial charge in [-0.05, 0) is 50.0 Å². The van der Waals surface area contributed by atoms with Crippen LogP contribution in [0.2, 0.25) is 0 Å². The first-order valence-electron chi connectivity index (χ1n) is 14.1. The summed E-state index contributed by atoms with van der Waals surface area (Å²) in [4.78, 5) is 56.1. The lowest BCUT2D eigenvalue weighted by molar-refractivity contribution is -0.143. The SMILES string of the molecule is CC1=CC(=O)C2=C(C1=O)[C@@H](c1ccc3ccccc3c1O)C1=CC[C@@H]3C(=O)N(C4CCCCC4)C(=O)[C@@H]3[C@@H]1C2. The van der Waals surface area contributed by atoms with Gasteiger partial charge in [-0.2, -0.15) is 0 Å². The van der Waals surface area contributed by atoms with E-state index in [-0.39, 0.29) is 47.5 Å². The quantitative estimate of drug-likeness (QED) is 0.329. The standard InChI is InChI=1S/C33H31NO5/c1-17-15-26(35)25-16-24-21(13-14-23-28(24)33(39)34(32(23)38)19-8-3-2-4-9-19)27(29(25)30(17)36)22-12-11-18-7-5-6-10-20(18)31(22)37/h5-7,10-13,15,19,23-24,27-28,37H,2-4,8-9,14,16H2,1H3/t23-,24+,27+,28-/m0/s1. The van der Waals surface area contributed by atoms with Crippen molar-refractivity contribution >= 4 is 34.2 Å². The monoisotopic (exact) mass is 521 g/mol. The maximum atomic E-state index is 14.0. The fraction of sp³-hybridized carbons (Fsp3) is 0.394. The molecule has 2 aromatic rings. The van der Waals surface area contributed by atoms with Crippen LogP contribution in [0.5, 0.6) is 5.75 Å². The summed E-state index contributed by atoms with van der Waals surface area (Å²) in [6.45, 7) is 1.65. The van der Waals surface area contributed by atoms with Gasteiger partial charge in [0, 0.05) is 39.6 Å². The summed E-state index contributed by atoms with van der Waals surface area (Å²) in [6, 6.07) is 11.2. The normalized spacial score (nSPS) is 29.3. The van der Waals surface area contributed by atoms with E-state index < -0.39 is 17.8 Å². The number of carbonyl (C=O) groups is 4. The molecule has 198 valence electrons. The number of ketones is 2. The topological polar surface area (TPSA) is 91.8 Å². The van der Waals surface area contributed by atoms with Crippen molar-refractivity contribution in [3.05, 3.63) is 76.4 Å². The summed E-state index contributed by atoms with van der Waals surface area (Å²) >= 11 is 0. The predicted molar refractivity (Wildman–Crippen MR) is 146 cm³/mol. The number of hydrogen-bond acceptors (Lipinski definition) is 5. The molecule has 4 aliphatic carbocycles. The molecule has 4 atom stereocenters. The number of phenols is 1. The number of likely N-dealkylation sites (tertiary alicyclic amines) is 1. The highest BCUT2D eigenvalue weighted by Crippen LogP contribution is 2.57. The Morgan fingerprint density at radius 3 is 2.46 bits per heavy atom. The van der Waals surface area contributed by atoms with E-state index in [1.165, 1.54) is 6.08 Å². The minimum absolute atomic E-state index is 0.0463. The Morgan fingerprint density at radius 2 is 1.67 bits per heavy atom. The van der Waals surface area contributed by atoms with E-state index in [0.29, 0.717) is 34.1 Å².